The Balaban J connectivity index is 1.14. The maximum atomic E-state index is 11.7. The van der Waals surface area contributed by atoms with Gasteiger partial charge in [-0.2, -0.15) is 0 Å². The van der Waals surface area contributed by atoms with Crippen LogP contribution in [0.4, 0.5) is 0 Å². The van der Waals surface area contributed by atoms with Crippen LogP contribution in [-0.2, 0) is 18.0 Å². The monoisotopic (exact) mass is 614 g/mol. The molecule has 0 fully saturated rings. The summed E-state index contributed by atoms with van der Waals surface area (Å²) >= 11 is 0. The average Bonchev–Trinajstić information content (AvgIpc) is 3.09. The van der Waals surface area contributed by atoms with Crippen LogP contribution in [0.1, 0.15) is 11.1 Å². The number of benzene rings is 8. The van der Waals surface area contributed by atoms with Gasteiger partial charge in [0.05, 0.1) is 13.2 Å². The van der Waals surface area contributed by atoms with E-state index in [2.05, 4.69) is 0 Å². The Labute approximate surface area is 270 Å². The van der Waals surface area contributed by atoms with Crippen molar-refractivity contribution in [2.24, 2.45) is 0 Å². The Bertz CT molecular complexity index is 2500. The molecule has 0 aliphatic carbocycles. The number of aromatic hydroxyl groups is 4. The predicted octanol–water partition coefficient (Wildman–Crippen LogP) is 10.2. The van der Waals surface area contributed by atoms with Gasteiger partial charge < -0.3 is 25.2 Å². The molecule has 8 rings (SSSR count). The summed E-state index contributed by atoms with van der Waals surface area (Å²) in [5, 5.41) is 51.4. The molecule has 0 saturated heterocycles. The molecule has 0 heterocycles. The second kappa shape index (κ2) is 11.4. The predicted molar refractivity (Wildman–Crippen MR) is 189 cm³/mol. The minimum absolute atomic E-state index is 0.0452. The normalized spacial score (nSPS) is 11.6. The SMILES string of the molecule is Oc1ccc2cccc(-c3cccc4cc(COCc5cc6ccccc6c(-c6c(O)ccc7ccccc67)c5O)c(O)cc34)c2c1. The number of fused-ring (bicyclic) bond motifs is 4. The minimum Gasteiger partial charge on any atom is -0.508 e. The molecule has 0 amide bonds. The van der Waals surface area contributed by atoms with Gasteiger partial charge in [-0.25, -0.2) is 0 Å². The molecule has 5 nitrogen and oxygen atoms in total. The Morgan fingerprint density at radius 2 is 0.957 bits per heavy atom. The van der Waals surface area contributed by atoms with Gasteiger partial charge in [0.15, 0.2) is 0 Å². The first kappa shape index (κ1) is 28.4. The van der Waals surface area contributed by atoms with Crippen LogP contribution in [0.25, 0.3) is 65.3 Å². The zero-order chi connectivity index (χ0) is 32.1. The third kappa shape index (κ3) is 4.94. The number of hydrogen-bond acceptors (Lipinski definition) is 5. The van der Waals surface area contributed by atoms with Gasteiger partial charge in [0, 0.05) is 22.3 Å². The first-order chi connectivity index (χ1) is 23.0. The van der Waals surface area contributed by atoms with Crippen molar-refractivity contribution in [2.75, 3.05) is 0 Å². The van der Waals surface area contributed by atoms with Crippen LogP contribution in [0.5, 0.6) is 23.0 Å². The number of hydrogen-bond donors (Lipinski definition) is 4. The number of phenols is 4. The molecule has 4 N–H and O–H groups in total. The number of rotatable bonds is 6. The molecule has 0 aromatic heterocycles. The Morgan fingerprint density at radius 3 is 1.74 bits per heavy atom. The summed E-state index contributed by atoms with van der Waals surface area (Å²) in [5.41, 5.74) is 4.24. The molecule has 47 heavy (non-hydrogen) atoms. The van der Waals surface area contributed by atoms with E-state index in [9.17, 15) is 20.4 Å². The van der Waals surface area contributed by atoms with Gasteiger partial charge in [-0.15, -0.1) is 0 Å². The third-order valence-electron chi connectivity index (χ3n) is 9.01. The molecule has 0 spiro atoms. The van der Waals surface area contributed by atoms with Gasteiger partial charge in [0.2, 0.25) is 0 Å². The van der Waals surface area contributed by atoms with Crippen molar-refractivity contribution >= 4 is 43.1 Å². The van der Waals surface area contributed by atoms with Crippen molar-refractivity contribution in [2.45, 2.75) is 13.2 Å². The van der Waals surface area contributed by atoms with E-state index in [1.165, 1.54) is 0 Å². The summed E-state index contributed by atoms with van der Waals surface area (Å²) in [6, 6.07) is 42.1. The highest BCUT2D eigenvalue weighted by molar-refractivity contribution is 6.10. The molecule has 0 bridgehead atoms. The van der Waals surface area contributed by atoms with Crippen molar-refractivity contribution in [3.63, 3.8) is 0 Å². The summed E-state index contributed by atoms with van der Waals surface area (Å²) in [6.45, 7) is 0.210. The molecule has 0 saturated carbocycles. The summed E-state index contributed by atoms with van der Waals surface area (Å²) in [4.78, 5) is 0. The second-order valence-electron chi connectivity index (χ2n) is 11.9. The van der Waals surface area contributed by atoms with Gasteiger partial charge in [-0.3, -0.25) is 0 Å². The van der Waals surface area contributed by atoms with E-state index in [-0.39, 0.29) is 36.2 Å². The topological polar surface area (TPSA) is 90.2 Å². The summed E-state index contributed by atoms with van der Waals surface area (Å²) in [7, 11) is 0. The van der Waals surface area contributed by atoms with E-state index in [4.69, 9.17) is 4.74 Å². The number of phenolic OH excluding ortho intramolecular Hbond substituents is 4. The highest BCUT2D eigenvalue weighted by atomic mass is 16.5. The minimum atomic E-state index is 0.0452. The van der Waals surface area contributed by atoms with Crippen molar-refractivity contribution < 1.29 is 25.2 Å². The first-order valence-corrected chi connectivity index (χ1v) is 15.5. The van der Waals surface area contributed by atoms with E-state index in [0.717, 1.165) is 54.2 Å². The Hall–Kier alpha value is -6.04. The molecule has 0 radical (unpaired) electrons. The van der Waals surface area contributed by atoms with Crippen LogP contribution < -0.4 is 0 Å². The zero-order valence-electron chi connectivity index (χ0n) is 25.3. The van der Waals surface area contributed by atoms with Crippen LogP contribution in [0.15, 0.2) is 133 Å². The lowest BCUT2D eigenvalue weighted by Gasteiger charge is -2.17. The lowest BCUT2D eigenvalue weighted by molar-refractivity contribution is 0.104. The Kier molecular flexibility index (Phi) is 6.89. The standard InChI is InChI=1S/C42H30O5/c43-31-17-15-26-9-5-13-34(36(26)21-31)35-14-6-10-28-19-29(39(45)22-37(28)35)23-47-24-30-20-27-8-2-4-12-33(27)41(42(30)46)40-32-11-3-1-7-25(32)16-18-38(40)44/h1-22,43-46H,23-24H2. The van der Waals surface area contributed by atoms with Crippen molar-refractivity contribution in [3.05, 3.63) is 145 Å². The maximum Gasteiger partial charge on any atom is 0.129 e. The summed E-state index contributed by atoms with van der Waals surface area (Å²) in [5.74, 6) is 0.440. The smallest absolute Gasteiger partial charge is 0.129 e. The molecular weight excluding hydrogens is 584 g/mol. The van der Waals surface area contributed by atoms with Crippen LogP contribution in [0.3, 0.4) is 0 Å². The first-order valence-electron chi connectivity index (χ1n) is 15.5. The molecule has 0 aliphatic rings. The second-order valence-corrected chi connectivity index (χ2v) is 11.9. The van der Waals surface area contributed by atoms with E-state index >= 15 is 0 Å². The van der Waals surface area contributed by atoms with Gasteiger partial charge in [0.25, 0.3) is 0 Å². The van der Waals surface area contributed by atoms with Crippen molar-refractivity contribution in [3.8, 4) is 45.3 Å². The fourth-order valence-electron chi connectivity index (χ4n) is 6.76. The largest absolute Gasteiger partial charge is 0.508 e. The molecule has 0 unspecified atom stereocenters. The lowest BCUT2D eigenvalue weighted by Crippen LogP contribution is -1.98. The van der Waals surface area contributed by atoms with Crippen LogP contribution >= 0.6 is 0 Å². The number of ether oxygens (including phenoxy) is 1. The third-order valence-corrected chi connectivity index (χ3v) is 9.01. The van der Waals surface area contributed by atoms with Crippen LogP contribution in [-0.4, -0.2) is 20.4 Å². The Morgan fingerprint density at radius 1 is 0.404 bits per heavy atom. The van der Waals surface area contributed by atoms with Gasteiger partial charge >= 0.3 is 0 Å². The van der Waals surface area contributed by atoms with Gasteiger partial charge in [-0.1, -0.05) is 97.1 Å². The fraction of sp³-hybridized carbons (Fsp3) is 0.0476. The van der Waals surface area contributed by atoms with Gasteiger partial charge in [0.1, 0.15) is 23.0 Å². The van der Waals surface area contributed by atoms with Crippen LogP contribution in [0.2, 0.25) is 0 Å². The zero-order valence-corrected chi connectivity index (χ0v) is 25.3. The summed E-state index contributed by atoms with van der Waals surface area (Å²) in [6.07, 6.45) is 0. The molecule has 228 valence electrons. The molecular formula is C42H30O5. The van der Waals surface area contributed by atoms with E-state index in [1.807, 2.05) is 109 Å². The van der Waals surface area contributed by atoms with Crippen molar-refractivity contribution in [1.29, 1.82) is 0 Å². The maximum absolute atomic E-state index is 11.7. The molecule has 5 heteroatoms. The highest BCUT2D eigenvalue weighted by Gasteiger charge is 2.20. The molecule has 8 aromatic rings. The fourth-order valence-corrected chi connectivity index (χ4v) is 6.76. The van der Waals surface area contributed by atoms with Crippen molar-refractivity contribution in [1.82, 2.24) is 0 Å². The van der Waals surface area contributed by atoms with E-state index in [0.29, 0.717) is 22.3 Å². The lowest BCUT2D eigenvalue weighted by atomic mass is 9.90. The quantitative estimate of drug-likeness (QED) is 0.150. The molecule has 0 atom stereocenters. The molecule has 0 aliphatic heterocycles. The van der Waals surface area contributed by atoms with Crippen LogP contribution in [0, 0.1) is 0 Å². The average molecular weight is 615 g/mol. The van der Waals surface area contributed by atoms with E-state index in [1.54, 1.807) is 24.3 Å². The summed E-state index contributed by atoms with van der Waals surface area (Å²) < 4.78 is 6.15. The molecule has 8 aromatic carbocycles. The van der Waals surface area contributed by atoms with E-state index < -0.39 is 0 Å². The van der Waals surface area contributed by atoms with Gasteiger partial charge in [-0.05, 0) is 90.6 Å². The highest BCUT2D eigenvalue weighted by Crippen LogP contribution is 2.46.